The highest BCUT2D eigenvalue weighted by molar-refractivity contribution is 5.88. The Balaban J connectivity index is 1.78. The Morgan fingerprint density at radius 1 is 1.67 bits per heavy atom. The SMILES string of the molecule is CCOC(=O)c1[nH]ncc1CNCC1CC(O)C1. The second-order valence-corrected chi connectivity index (χ2v) is 4.61. The standard InChI is InChI=1S/C12H19N3O3/c1-2-18-12(17)11-9(7-14-15-11)6-13-5-8-3-10(16)4-8/h7-8,10,13,16H,2-6H2,1H3,(H,14,15). The van der Waals surface area contributed by atoms with Crippen LogP contribution in [0.4, 0.5) is 0 Å². The number of rotatable bonds is 6. The van der Waals surface area contributed by atoms with Gasteiger partial charge in [0.25, 0.3) is 0 Å². The summed E-state index contributed by atoms with van der Waals surface area (Å²) in [5, 5.41) is 19.0. The van der Waals surface area contributed by atoms with Gasteiger partial charge in [0.05, 0.1) is 18.9 Å². The first-order chi connectivity index (χ1) is 8.70. The minimum absolute atomic E-state index is 0.124. The number of nitrogens with one attached hydrogen (secondary N) is 2. The number of hydrogen-bond donors (Lipinski definition) is 3. The molecule has 1 saturated carbocycles. The lowest BCUT2D eigenvalue weighted by Gasteiger charge is -2.31. The molecule has 0 amide bonds. The van der Waals surface area contributed by atoms with Crippen LogP contribution in [0.5, 0.6) is 0 Å². The molecule has 1 aliphatic carbocycles. The Hall–Kier alpha value is -1.40. The molecule has 3 N–H and O–H groups in total. The maximum absolute atomic E-state index is 11.6. The number of carbonyl (C=O) groups excluding carboxylic acids is 1. The summed E-state index contributed by atoms with van der Waals surface area (Å²) < 4.78 is 4.93. The van der Waals surface area contributed by atoms with Gasteiger partial charge in [0, 0.05) is 12.1 Å². The van der Waals surface area contributed by atoms with Crippen molar-refractivity contribution in [2.45, 2.75) is 32.4 Å². The van der Waals surface area contributed by atoms with Crippen LogP contribution in [0.1, 0.15) is 35.8 Å². The van der Waals surface area contributed by atoms with E-state index in [2.05, 4.69) is 15.5 Å². The fourth-order valence-corrected chi connectivity index (χ4v) is 2.10. The number of aliphatic hydroxyl groups is 1. The number of esters is 1. The van der Waals surface area contributed by atoms with Gasteiger partial charge in [-0.3, -0.25) is 5.10 Å². The van der Waals surface area contributed by atoms with E-state index >= 15 is 0 Å². The summed E-state index contributed by atoms with van der Waals surface area (Å²) in [6.07, 6.45) is 3.24. The van der Waals surface area contributed by atoms with Gasteiger partial charge < -0.3 is 15.2 Å². The molecule has 1 fully saturated rings. The summed E-state index contributed by atoms with van der Waals surface area (Å²) >= 11 is 0. The molecule has 0 radical (unpaired) electrons. The third kappa shape index (κ3) is 3.08. The van der Waals surface area contributed by atoms with E-state index in [9.17, 15) is 9.90 Å². The van der Waals surface area contributed by atoms with E-state index in [1.807, 2.05) is 0 Å². The lowest BCUT2D eigenvalue weighted by atomic mass is 9.82. The molecule has 18 heavy (non-hydrogen) atoms. The molecule has 0 saturated heterocycles. The summed E-state index contributed by atoms with van der Waals surface area (Å²) in [5.41, 5.74) is 1.23. The number of carbonyl (C=O) groups is 1. The number of ether oxygens (including phenoxy) is 1. The molecular formula is C12H19N3O3. The molecule has 2 rings (SSSR count). The quantitative estimate of drug-likeness (QED) is 0.641. The van der Waals surface area contributed by atoms with Crippen molar-refractivity contribution in [1.82, 2.24) is 15.5 Å². The van der Waals surface area contributed by atoms with Gasteiger partial charge >= 0.3 is 5.97 Å². The highest BCUT2D eigenvalue weighted by Crippen LogP contribution is 2.26. The van der Waals surface area contributed by atoms with Crippen LogP contribution in [0.15, 0.2) is 6.20 Å². The minimum Gasteiger partial charge on any atom is -0.461 e. The smallest absolute Gasteiger partial charge is 0.356 e. The van der Waals surface area contributed by atoms with Crippen molar-refractivity contribution in [2.24, 2.45) is 5.92 Å². The molecule has 100 valence electrons. The molecule has 0 unspecified atom stereocenters. The zero-order chi connectivity index (χ0) is 13.0. The predicted molar refractivity (Wildman–Crippen MR) is 65.0 cm³/mol. The molecule has 0 aliphatic heterocycles. The molecule has 0 aromatic carbocycles. The topological polar surface area (TPSA) is 87.2 Å². The van der Waals surface area contributed by atoms with E-state index in [0.29, 0.717) is 24.8 Å². The number of aliphatic hydroxyl groups excluding tert-OH is 1. The normalized spacial score (nSPS) is 22.6. The average Bonchev–Trinajstić information content (AvgIpc) is 2.75. The number of aromatic nitrogens is 2. The molecule has 6 heteroatoms. The van der Waals surface area contributed by atoms with E-state index in [4.69, 9.17) is 4.74 Å². The van der Waals surface area contributed by atoms with Crippen molar-refractivity contribution in [3.05, 3.63) is 17.5 Å². The monoisotopic (exact) mass is 253 g/mol. The maximum atomic E-state index is 11.6. The Morgan fingerprint density at radius 3 is 3.11 bits per heavy atom. The first-order valence-corrected chi connectivity index (χ1v) is 6.28. The van der Waals surface area contributed by atoms with Crippen molar-refractivity contribution in [2.75, 3.05) is 13.2 Å². The lowest BCUT2D eigenvalue weighted by molar-refractivity contribution is 0.0429. The van der Waals surface area contributed by atoms with E-state index < -0.39 is 0 Å². The second kappa shape index (κ2) is 5.97. The average molecular weight is 253 g/mol. The first kappa shape index (κ1) is 13.0. The summed E-state index contributed by atoms with van der Waals surface area (Å²) in [5.74, 6) is 0.170. The zero-order valence-corrected chi connectivity index (χ0v) is 10.5. The van der Waals surface area contributed by atoms with Crippen molar-refractivity contribution >= 4 is 5.97 Å². The van der Waals surface area contributed by atoms with Crippen molar-refractivity contribution in [3.8, 4) is 0 Å². The molecular weight excluding hydrogens is 234 g/mol. The minimum atomic E-state index is -0.370. The third-order valence-corrected chi connectivity index (χ3v) is 3.16. The molecule has 0 atom stereocenters. The van der Waals surface area contributed by atoms with Gasteiger partial charge in [-0.15, -0.1) is 0 Å². The highest BCUT2D eigenvalue weighted by Gasteiger charge is 2.26. The van der Waals surface area contributed by atoms with Crippen LogP contribution in [-0.4, -0.2) is 40.5 Å². The molecule has 6 nitrogen and oxygen atoms in total. The van der Waals surface area contributed by atoms with Crippen LogP contribution < -0.4 is 5.32 Å². The van der Waals surface area contributed by atoms with Gasteiger partial charge in [-0.25, -0.2) is 4.79 Å². The molecule has 1 heterocycles. The van der Waals surface area contributed by atoms with Gasteiger partial charge in [0.1, 0.15) is 5.69 Å². The van der Waals surface area contributed by atoms with E-state index in [-0.39, 0.29) is 12.1 Å². The van der Waals surface area contributed by atoms with E-state index in [0.717, 1.165) is 24.9 Å². The van der Waals surface area contributed by atoms with Crippen LogP contribution in [0.25, 0.3) is 0 Å². The highest BCUT2D eigenvalue weighted by atomic mass is 16.5. The van der Waals surface area contributed by atoms with Gasteiger partial charge in [-0.1, -0.05) is 0 Å². The summed E-state index contributed by atoms with van der Waals surface area (Å²) in [6, 6.07) is 0. The van der Waals surface area contributed by atoms with Crippen molar-refractivity contribution < 1.29 is 14.6 Å². The van der Waals surface area contributed by atoms with Crippen molar-refractivity contribution in [1.29, 1.82) is 0 Å². The number of hydrogen-bond acceptors (Lipinski definition) is 5. The molecule has 1 aromatic heterocycles. The third-order valence-electron chi connectivity index (χ3n) is 3.16. The Labute approximate surface area is 106 Å². The van der Waals surface area contributed by atoms with Gasteiger partial charge in [0.15, 0.2) is 0 Å². The summed E-state index contributed by atoms with van der Waals surface area (Å²) in [7, 11) is 0. The number of H-pyrrole nitrogens is 1. The molecule has 1 aromatic rings. The van der Waals surface area contributed by atoms with Crippen molar-refractivity contribution in [3.63, 3.8) is 0 Å². The van der Waals surface area contributed by atoms with Gasteiger partial charge in [0.2, 0.25) is 0 Å². The zero-order valence-electron chi connectivity index (χ0n) is 10.5. The number of nitrogens with zero attached hydrogens (tertiary/aromatic N) is 1. The molecule has 1 aliphatic rings. The summed E-state index contributed by atoms with van der Waals surface area (Å²) in [4.78, 5) is 11.6. The van der Waals surface area contributed by atoms with Crippen LogP contribution in [0.2, 0.25) is 0 Å². The molecule has 0 spiro atoms. The Bertz CT molecular complexity index is 399. The predicted octanol–water partition coefficient (Wildman–Crippen LogP) is 0.447. The fraction of sp³-hybridized carbons (Fsp3) is 0.667. The Morgan fingerprint density at radius 2 is 2.44 bits per heavy atom. The van der Waals surface area contributed by atoms with Gasteiger partial charge in [-0.05, 0) is 32.2 Å². The van der Waals surface area contributed by atoms with Crippen LogP contribution in [0, 0.1) is 5.92 Å². The first-order valence-electron chi connectivity index (χ1n) is 6.28. The van der Waals surface area contributed by atoms with Crippen LogP contribution in [0.3, 0.4) is 0 Å². The maximum Gasteiger partial charge on any atom is 0.356 e. The molecule has 0 bridgehead atoms. The van der Waals surface area contributed by atoms with E-state index in [1.54, 1.807) is 13.1 Å². The van der Waals surface area contributed by atoms with Gasteiger partial charge in [-0.2, -0.15) is 5.10 Å². The fourth-order valence-electron chi connectivity index (χ4n) is 2.10. The number of aromatic amines is 1. The largest absolute Gasteiger partial charge is 0.461 e. The van der Waals surface area contributed by atoms with Crippen LogP contribution in [-0.2, 0) is 11.3 Å². The Kier molecular flexibility index (Phi) is 4.33. The second-order valence-electron chi connectivity index (χ2n) is 4.61. The lowest BCUT2D eigenvalue weighted by Crippen LogP contribution is -2.36. The van der Waals surface area contributed by atoms with Crippen LogP contribution >= 0.6 is 0 Å². The van der Waals surface area contributed by atoms with E-state index in [1.165, 1.54) is 0 Å². The summed E-state index contributed by atoms with van der Waals surface area (Å²) in [6.45, 7) is 3.56.